The van der Waals surface area contributed by atoms with Crippen LogP contribution in [0.3, 0.4) is 0 Å². The molecule has 0 amide bonds. The second kappa shape index (κ2) is 5.94. The van der Waals surface area contributed by atoms with E-state index >= 15 is 0 Å². The Morgan fingerprint density at radius 2 is 1.24 bits per heavy atom. The van der Waals surface area contributed by atoms with Gasteiger partial charge in [-0.3, -0.25) is 14.7 Å². The van der Waals surface area contributed by atoms with Gasteiger partial charge in [0.15, 0.2) is 0 Å². The van der Waals surface area contributed by atoms with Gasteiger partial charge in [-0.15, -0.1) is 0 Å². The van der Waals surface area contributed by atoms with Crippen LogP contribution in [0.1, 0.15) is 67.2 Å². The van der Waals surface area contributed by atoms with Crippen LogP contribution in [0.15, 0.2) is 0 Å². The van der Waals surface area contributed by atoms with E-state index in [1.807, 2.05) is 0 Å². The van der Waals surface area contributed by atoms with Gasteiger partial charge in [0.1, 0.15) is 0 Å². The van der Waals surface area contributed by atoms with Gasteiger partial charge in [0, 0.05) is 56.9 Å². The van der Waals surface area contributed by atoms with Crippen molar-refractivity contribution in [3.63, 3.8) is 0 Å². The van der Waals surface area contributed by atoms with E-state index in [-0.39, 0.29) is 0 Å². The zero-order chi connectivity index (χ0) is 18.0. The number of likely N-dealkylation sites (tertiary alicyclic amines) is 3. The molecule has 0 aromatic heterocycles. The van der Waals surface area contributed by atoms with Gasteiger partial charge >= 0.3 is 0 Å². The van der Waals surface area contributed by atoms with Gasteiger partial charge in [-0.1, -0.05) is 20.8 Å². The Balaban J connectivity index is 1.16. The molecule has 0 bridgehead atoms. The van der Waals surface area contributed by atoms with Crippen molar-refractivity contribution in [3.8, 4) is 0 Å². The smallest absolute Gasteiger partial charge is 0.0352 e. The van der Waals surface area contributed by atoms with Crippen LogP contribution in [0.25, 0.3) is 0 Å². The highest BCUT2D eigenvalue weighted by Gasteiger charge is 2.51. The number of nitrogens with zero attached hydrogens (tertiary/aromatic N) is 3. The predicted octanol–water partition coefficient (Wildman–Crippen LogP) is 3.69. The summed E-state index contributed by atoms with van der Waals surface area (Å²) in [5.41, 5.74) is 1.58. The molecule has 0 unspecified atom stereocenters. The standard InChI is InChI=1S/C22H41N3/c1-20(2,3)17-7-9-22(10-8-17)15-24(16-22)18-11-23(12-18)19-13-25(14-19)21(4,5)6/h17-19H,7-16H2,1-6H3. The van der Waals surface area contributed by atoms with Crippen LogP contribution in [0, 0.1) is 16.7 Å². The zero-order valence-corrected chi connectivity index (χ0v) is 17.6. The lowest BCUT2D eigenvalue weighted by Crippen LogP contribution is -2.74. The molecule has 4 aliphatic rings. The van der Waals surface area contributed by atoms with Crippen LogP contribution in [0.4, 0.5) is 0 Å². The summed E-state index contributed by atoms with van der Waals surface area (Å²) in [6.07, 6.45) is 5.92. The molecule has 3 aliphatic heterocycles. The molecule has 1 spiro atoms. The van der Waals surface area contributed by atoms with E-state index in [0.29, 0.717) is 16.4 Å². The van der Waals surface area contributed by atoms with Gasteiger partial charge < -0.3 is 0 Å². The molecule has 3 nitrogen and oxygen atoms in total. The van der Waals surface area contributed by atoms with E-state index in [1.54, 1.807) is 0 Å². The molecule has 3 heterocycles. The van der Waals surface area contributed by atoms with Crippen LogP contribution < -0.4 is 0 Å². The maximum Gasteiger partial charge on any atom is 0.0352 e. The maximum absolute atomic E-state index is 2.81. The quantitative estimate of drug-likeness (QED) is 0.754. The molecule has 0 atom stereocenters. The third-order valence-corrected chi connectivity index (χ3v) is 8.08. The Bertz CT molecular complexity index is 472. The van der Waals surface area contributed by atoms with Crippen molar-refractivity contribution in [3.05, 3.63) is 0 Å². The second-order valence-electron chi connectivity index (χ2n) is 11.9. The summed E-state index contributed by atoms with van der Waals surface area (Å²) < 4.78 is 0. The van der Waals surface area contributed by atoms with E-state index < -0.39 is 0 Å². The van der Waals surface area contributed by atoms with Crippen LogP contribution in [-0.2, 0) is 0 Å². The zero-order valence-electron chi connectivity index (χ0n) is 17.6. The minimum atomic E-state index is 0.358. The van der Waals surface area contributed by atoms with E-state index in [9.17, 15) is 0 Å². The summed E-state index contributed by atoms with van der Waals surface area (Å²) in [5.74, 6) is 0.954. The predicted molar refractivity (Wildman–Crippen MR) is 106 cm³/mol. The highest BCUT2D eigenvalue weighted by molar-refractivity contribution is 5.06. The molecule has 4 fully saturated rings. The molecule has 0 N–H and O–H groups in total. The summed E-state index contributed by atoms with van der Waals surface area (Å²) in [7, 11) is 0. The van der Waals surface area contributed by atoms with E-state index in [4.69, 9.17) is 0 Å². The fourth-order valence-corrected chi connectivity index (χ4v) is 5.74. The summed E-state index contributed by atoms with van der Waals surface area (Å²) in [4.78, 5) is 8.18. The first-order chi connectivity index (χ1) is 11.6. The molecule has 1 saturated carbocycles. The third kappa shape index (κ3) is 3.41. The Morgan fingerprint density at radius 3 is 1.72 bits per heavy atom. The summed E-state index contributed by atoms with van der Waals surface area (Å²) >= 11 is 0. The summed E-state index contributed by atoms with van der Waals surface area (Å²) in [6.45, 7) is 22.4. The highest BCUT2D eigenvalue weighted by atomic mass is 15.4. The van der Waals surface area contributed by atoms with Crippen molar-refractivity contribution in [2.24, 2.45) is 16.7 Å². The van der Waals surface area contributed by atoms with Crippen LogP contribution >= 0.6 is 0 Å². The first-order valence-electron chi connectivity index (χ1n) is 10.8. The molecule has 1 aliphatic carbocycles. The van der Waals surface area contributed by atoms with Crippen molar-refractivity contribution >= 4 is 0 Å². The van der Waals surface area contributed by atoms with Gasteiger partial charge in [0.25, 0.3) is 0 Å². The van der Waals surface area contributed by atoms with Crippen molar-refractivity contribution in [1.82, 2.24) is 14.7 Å². The molecule has 144 valence electrons. The van der Waals surface area contributed by atoms with Crippen LogP contribution in [0.2, 0.25) is 0 Å². The lowest BCUT2D eigenvalue weighted by molar-refractivity contribution is -0.131. The maximum atomic E-state index is 2.81. The van der Waals surface area contributed by atoms with E-state index in [1.165, 1.54) is 65.0 Å². The fourth-order valence-electron chi connectivity index (χ4n) is 5.74. The lowest BCUT2D eigenvalue weighted by Gasteiger charge is -2.62. The summed E-state index contributed by atoms with van der Waals surface area (Å²) in [5, 5.41) is 0. The van der Waals surface area contributed by atoms with Crippen molar-refractivity contribution < 1.29 is 0 Å². The Labute approximate surface area is 156 Å². The summed E-state index contributed by atoms with van der Waals surface area (Å²) in [6, 6.07) is 1.71. The first kappa shape index (κ1) is 18.3. The molecule has 0 aromatic carbocycles. The van der Waals surface area contributed by atoms with Gasteiger partial charge in [0.05, 0.1) is 0 Å². The van der Waals surface area contributed by atoms with Gasteiger partial charge in [-0.05, 0) is 63.2 Å². The van der Waals surface area contributed by atoms with Crippen molar-refractivity contribution in [2.75, 3.05) is 39.3 Å². The largest absolute Gasteiger partial charge is 0.297 e. The number of rotatable bonds is 2. The molecule has 0 radical (unpaired) electrons. The van der Waals surface area contributed by atoms with Gasteiger partial charge in [-0.25, -0.2) is 0 Å². The van der Waals surface area contributed by atoms with Crippen molar-refractivity contribution in [1.29, 1.82) is 0 Å². The lowest BCUT2D eigenvalue weighted by atomic mass is 9.61. The SMILES string of the molecule is CC(C)(C)C1CCC2(CC1)CN(C1CN(C3CN(C(C)(C)C)C3)C1)C2. The first-order valence-corrected chi connectivity index (χ1v) is 10.8. The van der Waals surface area contributed by atoms with Gasteiger partial charge in [0.2, 0.25) is 0 Å². The van der Waals surface area contributed by atoms with Crippen LogP contribution in [-0.4, -0.2) is 71.6 Å². The molecule has 0 aromatic rings. The number of hydrogen-bond donors (Lipinski definition) is 0. The Hall–Kier alpha value is -0.120. The second-order valence-corrected chi connectivity index (χ2v) is 11.9. The minimum Gasteiger partial charge on any atom is -0.297 e. The monoisotopic (exact) mass is 347 g/mol. The molecular formula is C22H41N3. The van der Waals surface area contributed by atoms with E-state index in [0.717, 1.165) is 18.0 Å². The molecule has 4 rings (SSSR count). The van der Waals surface area contributed by atoms with E-state index in [2.05, 4.69) is 56.2 Å². The molecule has 25 heavy (non-hydrogen) atoms. The normalized spacial score (nSPS) is 31.0. The number of hydrogen-bond acceptors (Lipinski definition) is 3. The minimum absolute atomic E-state index is 0.358. The Kier molecular flexibility index (Phi) is 4.34. The molecular weight excluding hydrogens is 306 g/mol. The molecule has 3 saturated heterocycles. The Morgan fingerprint density at radius 1 is 0.720 bits per heavy atom. The van der Waals surface area contributed by atoms with Crippen LogP contribution in [0.5, 0.6) is 0 Å². The van der Waals surface area contributed by atoms with Crippen molar-refractivity contribution in [2.45, 2.75) is 84.8 Å². The van der Waals surface area contributed by atoms with Gasteiger partial charge in [-0.2, -0.15) is 0 Å². The molecule has 3 heteroatoms. The third-order valence-electron chi connectivity index (χ3n) is 8.08. The fraction of sp³-hybridized carbons (Fsp3) is 1.00. The highest BCUT2D eigenvalue weighted by Crippen LogP contribution is 2.50. The average molecular weight is 348 g/mol. The average Bonchev–Trinajstić information content (AvgIpc) is 2.35. The topological polar surface area (TPSA) is 9.72 Å².